The first-order valence-corrected chi connectivity index (χ1v) is 6.23. The summed E-state index contributed by atoms with van der Waals surface area (Å²) in [4.78, 5) is 8.87. The Morgan fingerprint density at radius 2 is 1.94 bits per heavy atom. The Hall–Kier alpha value is -1.90. The number of rotatable bonds is 3. The molecule has 1 aromatic heterocycles. The molecule has 0 spiro atoms. The number of hydrogen-bond acceptors (Lipinski definition) is 3. The van der Waals surface area contributed by atoms with Crippen molar-refractivity contribution in [3.8, 4) is 0 Å². The molecular formula is C15H19N3. The van der Waals surface area contributed by atoms with Crippen molar-refractivity contribution in [3.05, 3.63) is 53.0 Å². The summed E-state index contributed by atoms with van der Waals surface area (Å²) in [5.41, 5.74) is 9.30. The highest BCUT2D eigenvalue weighted by atomic mass is 14.9. The van der Waals surface area contributed by atoms with Gasteiger partial charge in [-0.3, -0.25) is 0 Å². The molecule has 0 aliphatic heterocycles. The number of nitrogens with zero attached hydrogens (tertiary/aromatic N) is 2. The molecule has 0 bridgehead atoms. The van der Waals surface area contributed by atoms with Crippen molar-refractivity contribution in [1.82, 2.24) is 9.97 Å². The Morgan fingerprint density at radius 1 is 1.17 bits per heavy atom. The van der Waals surface area contributed by atoms with Crippen LogP contribution in [0.25, 0.3) is 0 Å². The second-order valence-corrected chi connectivity index (χ2v) is 4.95. The second-order valence-electron chi connectivity index (χ2n) is 4.95. The normalized spacial score (nSPS) is 10.9. The number of aryl methyl sites for hydroxylation is 1. The van der Waals surface area contributed by atoms with Crippen LogP contribution < -0.4 is 5.73 Å². The molecule has 2 N–H and O–H groups in total. The molecule has 0 saturated carbocycles. The summed E-state index contributed by atoms with van der Waals surface area (Å²) in [5.74, 6) is 1.72. The lowest BCUT2D eigenvalue weighted by atomic mass is 10.1. The van der Waals surface area contributed by atoms with Gasteiger partial charge in [-0.25, -0.2) is 9.97 Å². The quantitative estimate of drug-likeness (QED) is 0.898. The third kappa shape index (κ3) is 3.06. The number of aromatic nitrogens is 2. The first-order valence-electron chi connectivity index (χ1n) is 6.23. The first-order chi connectivity index (χ1) is 8.54. The predicted octanol–water partition coefficient (Wildman–Crippen LogP) is 3.08. The van der Waals surface area contributed by atoms with Crippen molar-refractivity contribution in [2.45, 2.75) is 33.1 Å². The molecule has 1 aromatic carbocycles. The van der Waals surface area contributed by atoms with E-state index in [9.17, 15) is 0 Å². The molecule has 0 fully saturated rings. The maximum Gasteiger partial charge on any atom is 0.135 e. The van der Waals surface area contributed by atoms with Crippen molar-refractivity contribution in [1.29, 1.82) is 0 Å². The highest BCUT2D eigenvalue weighted by Gasteiger charge is 2.07. The number of hydrogen-bond donors (Lipinski definition) is 1. The monoisotopic (exact) mass is 241 g/mol. The van der Waals surface area contributed by atoms with Gasteiger partial charge in [-0.1, -0.05) is 43.7 Å². The minimum Gasteiger partial charge on any atom is -0.384 e. The average molecular weight is 241 g/mol. The highest BCUT2D eigenvalue weighted by Crippen LogP contribution is 2.16. The van der Waals surface area contributed by atoms with Crippen LogP contribution in [0.5, 0.6) is 0 Å². The topological polar surface area (TPSA) is 51.8 Å². The summed E-state index contributed by atoms with van der Waals surface area (Å²) < 4.78 is 0. The zero-order valence-electron chi connectivity index (χ0n) is 11.1. The van der Waals surface area contributed by atoms with Crippen LogP contribution in [-0.4, -0.2) is 9.97 Å². The molecule has 0 radical (unpaired) electrons. The van der Waals surface area contributed by atoms with Crippen LogP contribution in [0.3, 0.4) is 0 Å². The molecule has 2 aromatic rings. The third-order valence-electron chi connectivity index (χ3n) is 2.85. The number of anilines is 1. The maximum absolute atomic E-state index is 5.83. The summed E-state index contributed by atoms with van der Waals surface area (Å²) in [6, 6.07) is 10.2. The lowest BCUT2D eigenvalue weighted by Crippen LogP contribution is -2.05. The van der Waals surface area contributed by atoms with Crippen LogP contribution >= 0.6 is 0 Å². The summed E-state index contributed by atoms with van der Waals surface area (Å²) in [7, 11) is 0. The number of benzene rings is 1. The Morgan fingerprint density at radius 3 is 2.61 bits per heavy atom. The Kier molecular flexibility index (Phi) is 3.60. The van der Waals surface area contributed by atoms with E-state index < -0.39 is 0 Å². The van der Waals surface area contributed by atoms with Crippen LogP contribution in [-0.2, 0) is 6.42 Å². The minimum absolute atomic E-state index is 0.367. The van der Waals surface area contributed by atoms with E-state index in [2.05, 4.69) is 55.0 Å². The van der Waals surface area contributed by atoms with Crippen LogP contribution in [0.15, 0.2) is 30.3 Å². The van der Waals surface area contributed by atoms with Crippen molar-refractivity contribution in [2.24, 2.45) is 0 Å². The highest BCUT2D eigenvalue weighted by molar-refractivity contribution is 5.33. The van der Waals surface area contributed by atoms with Crippen LogP contribution in [0.4, 0.5) is 5.82 Å². The average Bonchev–Trinajstić information content (AvgIpc) is 2.28. The lowest BCUT2D eigenvalue weighted by molar-refractivity contribution is 0.794. The fourth-order valence-corrected chi connectivity index (χ4v) is 1.92. The van der Waals surface area contributed by atoms with Gasteiger partial charge in [0, 0.05) is 18.2 Å². The van der Waals surface area contributed by atoms with Crippen molar-refractivity contribution < 1.29 is 0 Å². The van der Waals surface area contributed by atoms with E-state index in [1.165, 1.54) is 11.1 Å². The first kappa shape index (κ1) is 12.6. The summed E-state index contributed by atoms with van der Waals surface area (Å²) in [5, 5.41) is 0. The van der Waals surface area contributed by atoms with E-state index >= 15 is 0 Å². The maximum atomic E-state index is 5.83. The van der Waals surface area contributed by atoms with Crippen LogP contribution in [0.2, 0.25) is 0 Å². The van der Waals surface area contributed by atoms with E-state index in [0.29, 0.717) is 11.7 Å². The van der Waals surface area contributed by atoms with Gasteiger partial charge in [-0.05, 0) is 18.4 Å². The Labute approximate surface area is 108 Å². The standard InChI is InChI=1S/C15H19N3/c1-10(2)13-9-14(16)18-15(17-13)8-12-6-4-5-11(3)7-12/h4-7,9-10H,8H2,1-3H3,(H2,16,17,18). The van der Waals surface area contributed by atoms with Gasteiger partial charge in [0.2, 0.25) is 0 Å². The van der Waals surface area contributed by atoms with Crippen LogP contribution in [0, 0.1) is 6.92 Å². The fraction of sp³-hybridized carbons (Fsp3) is 0.333. The molecule has 0 aliphatic carbocycles. The van der Waals surface area contributed by atoms with E-state index in [0.717, 1.165) is 17.9 Å². The molecule has 0 atom stereocenters. The molecule has 3 heteroatoms. The van der Waals surface area contributed by atoms with E-state index in [4.69, 9.17) is 5.73 Å². The van der Waals surface area contributed by atoms with E-state index in [-0.39, 0.29) is 0 Å². The van der Waals surface area contributed by atoms with Gasteiger partial charge < -0.3 is 5.73 Å². The molecular weight excluding hydrogens is 222 g/mol. The molecule has 0 amide bonds. The van der Waals surface area contributed by atoms with Crippen molar-refractivity contribution >= 4 is 5.82 Å². The number of nitrogen functional groups attached to an aromatic ring is 1. The van der Waals surface area contributed by atoms with Crippen LogP contribution in [0.1, 0.15) is 42.4 Å². The van der Waals surface area contributed by atoms with Gasteiger partial charge in [0.15, 0.2) is 0 Å². The Balaban J connectivity index is 2.29. The molecule has 2 rings (SSSR count). The zero-order chi connectivity index (χ0) is 13.1. The SMILES string of the molecule is Cc1cccc(Cc2nc(N)cc(C(C)C)n2)c1. The summed E-state index contributed by atoms with van der Waals surface area (Å²) >= 11 is 0. The largest absolute Gasteiger partial charge is 0.384 e. The smallest absolute Gasteiger partial charge is 0.135 e. The van der Waals surface area contributed by atoms with Crippen molar-refractivity contribution in [3.63, 3.8) is 0 Å². The zero-order valence-corrected chi connectivity index (χ0v) is 11.1. The van der Waals surface area contributed by atoms with Gasteiger partial charge in [0.25, 0.3) is 0 Å². The minimum atomic E-state index is 0.367. The van der Waals surface area contributed by atoms with Gasteiger partial charge in [-0.2, -0.15) is 0 Å². The summed E-state index contributed by atoms with van der Waals surface area (Å²) in [6.45, 7) is 6.31. The van der Waals surface area contributed by atoms with E-state index in [1.54, 1.807) is 0 Å². The molecule has 0 unspecified atom stereocenters. The van der Waals surface area contributed by atoms with Gasteiger partial charge >= 0.3 is 0 Å². The van der Waals surface area contributed by atoms with E-state index in [1.807, 2.05) is 6.07 Å². The molecule has 18 heavy (non-hydrogen) atoms. The summed E-state index contributed by atoms with van der Waals surface area (Å²) in [6.07, 6.45) is 0.729. The lowest BCUT2D eigenvalue weighted by Gasteiger charge is -2.08. The van der Waals surface area contributed by atoms with Gasteiger partial charge in [0.05, 0.1) is 0 Å². The molecule has 1 heterocycles. The predicted molar refractivity (Wildman–Crippen MR) is 74.5 cm³/mol. The second kappa shape index (κ2) is 5.17. The molecule has 3 nitrogen and oxygen atoms in total. The Bertz CT molecular complexity index is 547. The van der Waals surface area contributed by atoms with Gasteiger partial charge in [-0.15, -0.1) is 0 Å². The van der Waals surface area contributed by atoms with Crippen molar-refractivity contribution in [2.75, 3.05) is 5.73 Å². The molecule has 94 valence electrons. The molecule has 0 saturated heterocycles. The third-order valence-corrected chi connectivity index (χ3v) is 2.85. The fourth-order valence-electron chi connectivity index (χ4n) is 1.92. The number of nitrogens with two attached hydrogens (primary N) is 1. The molecule has 0 aliphatic rings. The van der Waals surface area contributed by atoms with Gasteiger partial charge in [0.1, 0.15) is 11.6 Å².